The molecule has 0 aliphatic heterocycles. The third-order valence-electron chi connectivity index (χ3n) is 5.59. The largest absolute Gasteiger partial charge is 0.0877 e. The van der Waals surface area contributed by atoms with Crippen LogP contribution in [0.3, 0.4) is 0 Å². The lowest BCUT2D eigenvalue weighted by molar-refractivity contribution is 0.759. The molecule has 0 radical (unpaired) electrons. The smallest absolute Gasteiger partial charge is 0.0710 e. The molecule has 3 rings (SSSR count). The molecule has 0 heterocycles. The van der Waals surface area contributed by atoms with Crippen LogP contribution in [0.1, 0.15) is 51.7 Å². The van der Waals surface area contributed by atoms with E-state index in [9.17, 15) is 0 Å². The van der Waals surface area contributed by atoms with Crippen LogP contribution in [0.5, 0.6) is 0 Å². The molecule has 0 heteroatoms. The number of allylic oxidation sites excluding steroid dienone is 10. The summed E-state index contributed by atoms with van der Waals surface area (Å²) in [7, 11) is 0. The highest BCUT2D eigenvalue weighted by atomic mass is 14.5. The number of rotatable bonds is 7. The summed E-state index contributed by atoms with van der Waals surface area (Å²) >= 11 is 0. The second kappa shape index (κ2) is 9.56. The van der Waals surface area contributed by atoms with Crippen LogP contribution >= 0.6 is 0 Å². The molecule has 0 aromatic heterocycles. The normalized spacial score (nSPS) is 16.1. The van der Waals surface area contributed by atoms with Gasteiger partial charge in [-0.3, -0.25) is 0 Å². The number of hydrogen-bond donors (Lipinski definition) is 0. The van der Waals surface area contributed by atoms with Crippen molar-refractivity contribution in [2.45, 2.75) is 46.0 Å². The average molecular weight is 381 g/mol. The van der Waals surface area contributed by atoms with Crippen molar-refractivity contribution in [1.82, 2.24) is 0 Å². The summed E-state index contributed by atoms with van der Waals surface area (Å²) in [4.78, 5) is 0. The summed E-state index contributed by atoms with van der Waals surface area (Å²) in [6.07, 6.45) is 20.0. The summed E-state index contributed by atoms with van der Waals surface area (Å²) < 4.78 is 0. The van der Waals surface area contributed by atoms with Crippen molar-refractivity contribution in [3.63, 3.8) is 0 Å². The van der Waals surface area contributed by atoms with Crippen molar-refractivity contribution in [2.75, 3.05) is 0 Å². The Kier molecular flexibility index (Phi) is 6.88. The van der Waals surface area contributed by atoms with Gasteiger partial charge < -0.3 is 0 Å². The van der Waals surface area contributed by atoms with Gasteiger partial charge in [0.15, 0.2) is 0 Å². The van der Waals surface area contributed by atoms with Crippen molar-refractivity contribution in [3.8, 4) is 11.1 Å². The molecular weight excluding hydrogens is 348 g/mol. The average Bonchev–Trinajstić information content (AvgIpc) is 3.05. The quantitative estimate of drug-likeness (QED) is 0.423. The van der Waals surface area contributed by atoms with Gasteiger partial charge in [-0.2, -0.15) is 0 Å². The second-order valence-electron chi connectivity index (χ2n) is 7.37. The van der Waals surface area contributed by atoms with Crippen LogP contribution in [0.2, 0.25) is 0 Å². The zero-order valence-corrected chi connectivity index (χ0v) is 18.2. The highest BCUT2D eigenvalue weighted by molar-refractivity contribution is 5.87. The van der Waals surface area contributed by atoms with Crippen molar-refractivity contribution < 1.29 is 0 Å². The van der Waals surface area contributed by atoms with Gasteiger partial charge in [0.2, 0.25) is 0 Å². The minimum absolute atomic E-state index is 0.305. The van der Waals surface area contributed by atoms with Gasteiger partial charge in [0.25, 0.3) is 0 Å². The Morgan fingerprint density at radius 2 is 1.38 bits per heavy atom. The predicted octanol–water partition coefficient (Wildman–Crippen LogP) is 8.33. The fourth-order valence-electron chi connectivity index (χ4n) is 4.52. The maximum Gasteiger partial charge on any atom is 0.0710 e. The lowest BCUT2D eigenvalue weighted by Gasteiger charge is -2.35. The zero-order valence-electron chi connectivity index (χ0n) is 18.2. The van der Waals surface area contributed by atoms with Crippen LogP contribution in [-0.2, 0) is 5.41 Å². The van der Waals surface area contributed by atoms with Gasteiger partial charge in [-0.25, -0.2) is 0 Å². The van der Waals surface area contributed by atoms with Gasteiger partial charge in [0.05, 0.1) is 5.41 Å². The van der Waals surface area contributed by atoms with E-state index in [1.165, 1.54) is 33.4 Å². The monoisotopic (exact) mass is 380 g/mol. The lowest BCUT2D eigenvalue weighted by Crippen LogP contribution is -2.29. The molecule has 1 aliphatic carbocycles. The van der Waals surface area contributed by atoms with E-state index in [0.29, 0.717) is 0 Å². The molecule has 2 aromatic carbocycles. The maximum atomic E-state index is 2.40. The highest BCUT2D eigenvalue weighted by Crippen LogP contribution is 2.57. The summed E-state index contributed by atoms with van der Waals surface area (Å²) in [5.74, 6) is 0. The molecule has 2 aromatic rings. The Morgan fingerprint density at radius 1 is 0.759 bits per heavy atom. The maximum absolute atomic E-state index is 2.40. The summed E-state index contributed by atoms with van der Waals surface area (Å²) in [6, 6.07) is 17.8. The van der Waals surface area contributed by atoms with E-state index in [0.717, 1.165) is 12.8 Å². The van der Waals surface area contributed by atoms with Gasteiger partial charge in [0, 0.05) is 0 Å². The van der Waals surface area contributed by atoms with Crippen LogP contribution in [0.4, 0.5) is 0 Å². The van der Waals surface area contributed by atoms with Crippen LogP contribution in [0, 0.1) is 0 Å². The Balaban J connectivity index is 2.51. The van der Waals surface area contributed by atoms with Crippen molar-refractivity contribution in [2.24, 2.45) is 0 Å². The van der Waals surface area contributed by atoms with Gasteiger partial charge in [-0.05, 0) is 60.1 Å². The highest BCUT2D eigenvalue weighted by Gasteiger charge is 2.46. The Hall–Kier alpha value is -2.86. The molecule has 0 saturated heterocycles. The summed E-state index contributed by atoms with van der Waals surface area (Å²) in [5.41, 5.74) is 7.77. The van der Waals surface area contributed by atoms with E-state index in [-0.39, 0.29) is 5.41 Å². The van der Waals surface area contributed by atoms with Gasteiger partial charge in [-0.15, -0.1) is 0 Å². The van der Waals surface area contributed by atoms with E-state index in [1.807, 2.05) is 0 Å². The minimum Gasteiger partial charge on any atom is -0.0877 e. The first-order valence-corrected chi connectivity index (χ1v) is 10.8. The Labute approximate surface area is 176 Å². The standard InChI is InChI=1S/C29H32/c1-5-9-17-23(15-7-3)29(24(16-8-4)18-10-6-2)27-21-13-11-19-25(27)26-20-12-14-22-28(26)29/h5,7,9-22H,6,8H2,1-4H3/b9-5-,15-7-,18-10-,23-17+,24-16+. The summed E-state index contributed by atoms with van der Waals surface area (Å²) in [6.45, 7) is 8.61. The topological polar surface area (TPSA) is 0 Å². The molecule has 0 nitrogen and oxygen atoms in total. The second-order valence-corrected chi connectivity index (χ2v) is 7.37. The molecule has 0 atom stereocenters. The molecule has 29 heavy (non-hydrogen) atoms. The van der Waals surface area contributed by atoms with Gasteiger partial charge in [-0.1, -0.05) is 111 Å². The Morgan fingerprint density at radius 3 is 1.90 bits per heavy atom. The number of benzene rings is 2. The molecule has 0 bridgehead atoms. The molecule has 0 amide bonds. The third kappa shape index (κ3) is 3.60. The molecule has 0 N–H and O–H groups in total. The molecule has 0 saturated carbocycles. The van der Waals surface area contributed by atoms with E-state index in [2.05, 4.69) is 125 Å². The molecule has 0 spiro atoms. The van der Waals surface area contributed by atoms with E-state index in [4.69, 9.17) is 0 Å². The zero-order chi connectivity index (χ0) is 20.7. The third-order valence-corrected chi connectivity index (χ3v) is 5.59. The molecule has 148 valence electrons. The predicted molar refractivity (Wildman–Crippen MR) is 128 cm³/mol. The molecule has 0 fully saturated rings. The first kappa shape index (κ1) is 20.9. The van der Waals surface area contributed by atoms with Gasteiger partial charge >= 0.3 is 0 Å². The summed E-state index contributed by atoms with van der Waals surface area (Å²) in [5, 5.41) is 0. The van der Waals surface area contributed by atoms with Crippen LogP contribution < -0.4 is 0 Å². The SMILES string of the molecule is C\C=C/C=C(\C=C/C)C1(C(/C=C\CC)=C/CC)c2ccccc2-c2ccccc21. The van der Waals surface area contributed by atoms with Crippen LogP contribution in [-0.4, -0.2) is 0 Å². The molecular formula is C29H32. The molecule has 1 aliphatic rings. The number of fused-ring (bicyclic) bond motifs is 3. The fourth-order valence-corrected chi connectivity index (χ4v) is 4.52. The molecule has 0 unspecified atom stereocenters. The van der Waals surface area contributed by atoms with Crippen LogP contribution in [0.15, 0.2) is 108 Å². The first-order chi connectivity index (χ1) is 14.2. The Bertz CT molecular complexity index is 947. The van der Waals surface area contributed by atoms with E-state index in [1.54, 1.807) is 0 Å². The van der Waals surface area contributed by atoms with Crippen molar-refractivity contribution >= 4 is 0 Å². The van der Waals surface area contributed by atoms with E-state index >= 15 is 0 Å². The van der Waals surface area contributed by atoms with E-state index < -0.39 is 0 Å². The van der Waals surface area contributed by atoms with Crippen molar-refractivity contribution in [1.29, 1.82) is 0 Å². The fraction of sp³-hybridized carbons (Fsp3) is 0.241. The van der Waals surface area contributed by atoms with Crippen molar-refractivity contribution in [3.05, 3.63) is 119 Å². The number of hydrogen-bond acceptors (Lipinski definition) is 0. The first-order valence-electron chi connectivity index (χ1n) is 10.8. The minimum atomic E-state index is -0.305. The lowest BCUT2D eigenvalue weighted by atomic mass is 9.66. The van der Waals surface area contributed by atoms with Gasteiger partial charge in [0.1, 0.15) is 0 Å². The van der Waals surface area contributed by atoms with Crippen LogP contribution in [0.25, 0.3) is 11.1 Å².